The highest BCUT2D eigenvalue weighted by molar-refractivity contribution is 7.16. The van der Waals surface area contributed by atoms with E-state index in [9.17, 15) is 4.79 Å². The zero-order valence-corrected chi connectivity index (χ0v) is 13.8. The van der Waals surface area contributed by atoms with E-state index >= 15 is 0 Å². The molecule has 0 unspecified atom stereocenters. The van der Waals surface area contributed by atoms with Gasteiger partial charge in [0.05, 0.1) is 10.0 Å². The molecule has 4 nitrogen and oxygen atoms in total. The molecule has 0 bridgehead atoms. The molecule has 3 aromatic heterocycles. The van der Waals surface area contributed by atoms with Crippen LogP contribution in [0.25, 0.3) is 11.4 Å². The van der Waals surface area contributed by atoms with Gasteiger partial charge in [0, 0.05) is 22.9 Å². The molecule has 0 saturated carbocycles. The number of aromatic nitrogens is 2. The molecule has 3 rings (SSSR count). The first-order chi connectivity index (χ1) is 10.7. The quantitative estimate of drug-likeness (QED) is 0.738. The van der Waals surface area contributed by atoms with Crippen LogP contribution in [0.2, 0.25) is 4.34 Å². The third-order valence-corrected chi connectivity index (χ3v) is 4.95. The highest BCUT2D eigenvalue weighted by Crippen LogP contribution is 2.24. The summed E-state index contributed by atoms with van der Waals surface area (Å²) in [5.74, 6) is -0.0496. The largest absolute Gasteiger partial charge is 0.302 e. The van der Waals surface area contributed by atoms with Crippen LogP contribution in [0, 0.1) is 0 Å². The number of hydrogen-bond acceptors (Lipinski definition) is 5. The van der Waals surface area contributed by atoms with Gasteiger partial charge < -0.3 is 5.32 Å². The number of carbonyl (C=O) groups excluding carboxylic acids is 1. The summed E-state index contributed by atoms with van der Waals surface area (Å²) in [4.78, 5) is 21.7. The topological polar surface area (TPSA) is 54.9 Å². The SMILES string of the molecule is O=C(CCc1ccc(Cl)s1)Nc1nc(-c2ccccn2)cs1. The summed E-state index contributed by atoms with van der Waals surface area (Å²) in [7, 11) is 0. The molecular weight excluding hydrogens is 338 g/mol. The number of hydrogen-bond donors (Lipinski definition) is 1. The number of nitrogens with one attached hydrogen (secondary N) is 1. The number of anilines is 1. The summed E-state index contributed by atoms with van der Waals surface area (Å²) in [6.07, 6.45) is 2.82. The number of amides is 1. The summed E-state index contributed by atoms with van der Waals surface area (Å²) < 4.78 is 0.746. The molecule has 0 radical (unpaired) electrons. The molecule has 0 aliphatic carbocycles. The fourth-order valence-electron chi connectivity index (χ4n) is 1.87. The van der Waals surface area contributed by atoms with E-state index in [1.807, 2.05) is 35.7 Å². The molecule has 0 saturated heterocycles. The fraction of sp³-hybridized carbons (Fsp3) is 0.133. The molecule has 1 amide bonds. The van der Waals surface area contributed by atoms with Crippen LogP contribution in [0.5, 0.6) is 0 Å². The Hall–Kier alpha value is -1.76. The Morgan fingerprint density at radius 2 is 2.14 bits per heavy atom. The predicted molar refractivity (Wildman–Crippen MR) is 91.6 cm³/mol. The second kappa shape index (κ2) is 7.00. The van der Waals surface area contributed by atoms with E-state index in [2.05, 4.69) is 15.3 Å². The Morgan fingerprint density at radius 3 is 2.86 bits per heavy atom. The molecule has 0 aromatic carbocycles. The van der Waals surface area contributed by atoms with E-state index in [0.717, 1.165) is 20.6 Å². The Balaban J connectivity index is 1.57. The van der Waals surface area contributed by atoms with Crippen molar-refractivity contribution in [3.05, 3.63) is 51.1 Å². The summed E-state index contributed by atoms with van der Waals surface area (Å²) in [6.45, 7) is 0. The van der Waals surface area contributed by atoms with Crippen molar-refractivity contribution < 1.29 is 4.79 Å². The van der Waals surface area contributed by atoms with Crippen molar-refractivity contribution in [2.45, 2.75) is 12.8 Å². The highest BCUT2D eigenvalue weighted by atomic mass is 35.5. The van der Waals surface area contributed by atoms with Gasteiger partial charge in [0.2, 0.25) is 5.91 Å². The van der Waals surface area contributed by atoms with Crippen LogP contribution in [-0.2, 0) is 11.2 Å². The van der Waals surface area contributed by atoms with Gasteiger partial charge in [-0.1, -0.05) is 17.7 Å². The fourth-order valence-corrected chi connectivity index (χ4v) is 3.68. The van der Waals surface area contributed by atoms with Crippen LogP contribution in [0.3, 0.4) is 0 Å². The number of carbonyl (C=O) groups is 1. The molecule has 7 heteroatoms. The zero-order chi connectivity index (χ0) is 15.4. The second-order valence-electron chi connectivity index (χ2n) is 4.51. The molecule has 0 fully saturated rings. The molecule has 0 aliphatic rings. The van der Waals surface area contributed by atoms with Gasteiger partial charge in [-0.3, -0.25) is 9.78 Å². The molecule has 0 spiro atoms. The van der Waals surface area contributed by atoms with Gasteiger partial charge >= 0.3 is 0 Å². The lowest BCUT2D eigenvalue weighted by atomic mass is 10.2. The zero-order valence-electron chi connectivity index (χ0n) is 11.5. The first-order valence-corrected chi connectivity index (χ1v) is 8.69. The predicted octanol–water partition coefficient (Wildman–Crippen LogP) is 4.49. The minimum absolute atomic E-state index is 0.0496. The summed E-state index contributed by atoms with van der Waals surface area (Å²) >= 11 is 8.77. The van der Waals surface area contributed by atoms with Gasteiger partial charge in [0.15, 0.2) is 5.13 Å². The average molecular weight is 350 g/mol. The lowest BCUT2D eigenvalue weighted by Gasteiger charge is -2.00. The molecular formula is C15H12ClN3OS2. The van der Waals surface area contributed by atoms with Crippen molar-refractivity contribution in [2.75, 3.05) is 5.32 Å². The van der Waals surface area contributed by atoms with Crippen molar-refractivity contribution in [1.29, 1.82) is 0 Å². The van der Waals surface area contributed by atoms with Gasteiger partial charge in [0.25, 0.3) is 0 Å². The maximum atomic E-state index is 11.9. The van der Waals surface area contributed by atoms with Crippen LogP contribution in [0.1, 0.15) is 11.3 Å². The lowest BCUT2D eigenvalue weighted by molar-refractivity contribution is -0.116. The monoisotopic (exact) mass is 349 g/mol. The maximum absolute atomic E-state index is 11.9. The molecule has 1 N–H and O–H groups in total. The minimum atomic E-state index is -0.0496. The second-order valence-corrected chi connectivity index (χ2v) is 7.16. The number of rotatable bonds is 5. The molecule has 0 atom stereocenters. The Kier molecular flexibility index (Phi) is 4.82. The van der Waals surface area contributed by atoms with Crippen molar-refractivity contribution in [3.63, 3.8) is 0 Å². The van der Waals surface area contributed by atoms with Gasteiger partial charge in [-0.05, 0) is 30.7 Å². The number of thiazole rings is 1. The van der Waals surface area contributed by atoms with E-state index < -0.39 is 0 Å². The number of pyridine rings is 1. The number of thiophene rings is 1. The van der Waals surface area contributed by atoms with Crippen molar-refractivity contribution in [2.24, 2.45) is 0 Å². The van der Waals surface area contributed by atoms with Gasteiger partial charge in [-0.2, -0.15) is 0 Å². The molecule has 22 heavy (non-hydrogen) atoms. The third-order valence-electron chi connectivity index (χ3n) is 2.91. The van der Waals surface area contributed by atoms with E-state index in [4.69, 9.17) is 11.6 Å². The lowest BCUT2D eigenvalue weighted by Crippen LogP contribution is -2.11. The number of aryl methyl sites for hydroxylation is 1. The smallest absolute Gasteiger partial charge is 0.226 e. The molecule has 3 heterocycles. The molecule has 0 aliphatic heterocycles. The van der Waals surface area contributed by atoms with Crippen LogP contribution in [0.4, 0.5) is 5.13 Å². The van der Waals surface area contributed by atoms with Crippen molar-refractivity contribution >= 4 is 45.3 Å². The third kappa shape index (κ3) is 3.91. The first-order valence-electron chi connectivity index (χ1n) is 6.62. The van der Waals surface area contributed by atoms with Gasteiger partial charge in [0.1, 0.15) is 5.69 Å². The summed E-state index contributed by atoms with van der Waals surface area (Å²) in [5.41, 5.74) is 1.57. The van der Waals surface area contributed by atoms with E-state index in [0.29, 0.717) is 18.0 Å². The van der Waals surface area contributed by atoms with Crippen molar-refractivity contribution in [1.82, 2.24) is 9.97 Å². The normalized spacial score (nSPS) is 10.6. The van der Waals surface area contributed by atoms with Crippen LogP contribution < -0.4 is 5.32 Å². The first kappa shape index (κ1) is 15.1. The minimum Gasteiger partial charge on any atom is -0.302 e. The van der Waals surface area contributed by atoms with E-state index in [1.54, 1.807) is 6.20 Å². The standard InChI is InChI=1S/C15H12ClN3OS2/c16-13-6-4-10(22-13)5-7-14(20)19-15-18-12(9-21-15)11-3-1-2-8-17-11/h1-4,6,8-9H,5,7H2,(H,18,19,20). The molecule has 112 valence electrons. The van der Waals surface area contributed by atoms with Crippen LogP contribution >= 0.6 is 34.3 Å². The maximum Gasteiger partial charge on any atom is 0.226 e. The van der Waals surface area contributed by atoms with Crippen molar-refractivity contribution in [3.8, 4) is 11.4 Å². The number of nitrogens with zero attached hydrogens (tertiary/aromatic N) is 2. The molecule has 3 aromatic rings. The van der Waals surface area contributed by atoms with Gasteiger partial charge in [-0.25, -0.2) is 4.98 Å². The number of halogens is 1. The Labute approximate surface area is 140 Å². The Bertz CT molecular complexity index is 770. The van der Waals surface area contributed by atoms with Gasteiger partial charge in [-0.15, -0.1) is 22.7 Å². The highest BCUT2D eigenvalue weighted by Gasteiger charge is 2.09. The van der Waals surface area contributed by atoms with E-state index in [1.165, 1.54) is 22.7 Å². The summed E-state index contributed by atoms with van der Waals surface area (Å²) in [5, 5.41) is 5.30. The average Bonchev–Trinajstić information content (AvgIpc) is 3.15. The summed E-state index contributed by atoms with van der Waals surface area (Å²) in [6, 6.07) is 9.45. The van der Waals surface area contributed by atoms with E-state index in [-0.39, 0.29) is 5.91 Å². The van der Waals surface area contributed by atoms with Crippen LogP contribution in [0.15, 0.2) is 41.9 Å². The Morgan fingerprint density at radius 1 is 1.23 bits per heavy atom. The van der Waals surface area contributed by atoms with Crippen LogP contribution in [-0.4, -0.2) is 15.9 Å².